The van der Waals surface area contributed by atoms with Gasteiger partial charge in [-0.05, 0) is 82.9 Å². The summed E-state index contributed by atoms with van der Waals surface area (Å²) in [6, 6.07) is 67.9. The van der Waals surface area contributed by atoms with Gasteiger partial charge in [-0.2, -0.15) is 0 Å². The van der Waals surface area contributed by atoms with Crippen molar-refractivity contribution in [1.82, 2.24) is 15.0 Å². The molecule has 254 valence electrons. The monoisotopic (exact) mass is 697 g/mol. The molecule has 0 N–H and O–H groups in total. The Hall–Kier alpha value is -7.23. The summed E-state index contributed by atoms with van der Waals surface area (Å²) in [7, 11) is 0. The Morgan fingerprint density at radius 2 is 0.709 bits per heavy atom. The van der Waals surface area contributed by atoms with Crippen molar-refractivity contribution in [2.45, 2.75) is 5.41 Å². The van der Waals surface area contributed by atoms with Crippen LogP contribution in [0.2, 0.25) is 0 Å². The van der Waals surface area contributed by atoms with E-state index in [0.717, 1.165) is 22.1 Å². The molecule has 9 aromatic carbocycles. The summed E-state index contributed by atoms with van der Waals surface area (Å²) >= 11 is 0. The number of fused-ring (bicyclic) bond motifs is 17. The molecule has 0 bridgehead atoms. The van der Waals surface area contributed by atoms with Crippen molar-refractivity contribution < 1.29 is 0 Å². The normalized spacial score (nSPS) is 13.2. The largest absolute Gasteiger partial charge is 0.208 e. The Bertz CT molecular complexity index is 3100. The fraction of sp³-hybridized carbons (Fsp3) is 0.0192. The average Bonchev–Trinajstić information content (AvgIpc) is 3.75. The van der Waals surface area contributed by atoms with Gasteiger partial charge in [0.05, 0.1) is 5.41 Å². The zero-order chi connectivity index (χ0) is 36.1. The van der Waals surface area contributed by atoms with Crippen LogP contribution in [0.3, 0.4) is 0 Å². The fourth-order valence-electron chi connectivity index (χ4n) is 9.77. The van der Waals surface area contributed by atoms with Crippen LogP contribution in [0.1, 0.15) is 22.3 Å². The first-order valence-corrected chi connectivity index (χ1v) is 18.9. The SMILES string of the molecule is c1ccc(-c2nc(-c3ccccc3)nc(-c3cc4c(c5ccccc35)-c3c(c5ccccc5c5ccccc35)C43c4ccccc4-c4ccccc43)n2)cc1. The Labute approximate surface area is 318 Å². The Balaban J connectivity index is 1.29. The Morgan fingerprint density at radius 3 is 1.29 bits per heavy atom. The zero-order valence-corrected chi connectivity index (χ0v) is 29.7. The molecule has 0 amide bonds. The maximum absolute atomic E-state index is 5.31. The van der Waals surface area contributed by atoms with Crippen molar-refractivity contribution in [3.05, 3.63) is 210 Å². The van der Waals surface area contributed by atoms with Gasteiger partial charge >= 0.3 is 0 Å². The van der Waals surface area contributed by atoms with Gasteiger partial charge in [-0.1, -0.05) is 182 Å². The summed E-state index contributed by atoms with van der Waals surface area (Å²) in [4.78, 5) is 15.7. The molecule has 1 aromatic heterocycles. The van der Waals surface area contributed by atoms with E-state index >= 15 is 0 Å². The molecule has 0 unspecified atom stereocenters. The molecule has 0 atom stereocenters. The molecular weight excluding hydrogens is 667 g/mol. The summed E-state index contributed by atoms with van der Waals surface area (Å²) in [5, 5.41) is 7.40. The molecule has 1 spiro atoms. The zero-order valence-electron chi connectivity index (χ0n) is 29.7. The van der Waals surface area contributed by atoms with Gasteiger partial charge in [0.2, 0.25) is 0 Å². The van der Waals surface area contributed by atoms with E-state index in [9.17, 15) is 0 Å². The summed E-state index contributed by atoms with van der Waals surface area (Å²) in [5.74, 6) is 1.97. The van der Waals surface area contributed by atoms with E-state index < -0.39 is 5.41 Å². The maximum Gasteiger partial charge on any atom is 0.164 e. The van der Waals surface area contributed by atoms with Gasteiger partial charge in [-0.25, -0.2) is 15.0 Å². The van der Waals surface area contributed by atoms with Crippen molar-refractivity contribution in [3.63, 3.8) is 0 Å². The van der Waals surface area contributed by atoms with Gasteiger partial charge in [0.25, 0.3) is 0 Å². The summed E-state index contributed by atoms with van der Waals surface area (Å²) < 4.78 is 0. The molecule has 1 heterocycles. The van der Waals surface area contributed by atoms with E-state index in [1.54, 1.807) is 0 Å². The second-order valence-electron chi connectivity index (χ2n) is 14.6. The molecular formula is C52H31N3. The van der Waals surface area contributed by atoms with Crippen LogP contribution in [0.5, 0.6) is 0 Å². The van der Waals surface area contributed by atoms with Crippen molar-refractivity contribution in [1.29, 1.82) is 0 Å². The highest BCUT2D eigenvalue weighted by Crippen LogP contribution is 2.66. The molecule has 3 nitrogen and oxygen atoms in total. The number of benzene rings is 9. The van der Waals surface area contributed by atoms with E-state index in [2.05, 4.69) is 152 Å². The number of hydrogen-bond donors (Lipinski definition) is 0. The highest BCUT2D eigenvalue weighted by Gasteiger charge is 2.53. The predicted molar refractivity (Wildman–Crippen MR) is 225 cm³/mol. The predicted octanol–water partition coefficient (Wildman–Crippen LogP) is 12.7. The van der Waals surface area contributed by atoms with Crippen LogP contribution in [0.15, 0.2) is 188 Å². The van der Waals surface area contributed by atoms with Gasteiger partial charge in [0, 0.05) is 16.7 Å². The van der Waals surface area contributed by atoms with Crippen molar-refractivity contribution in [2.24, 2.45) is 0 Å². The summed E-state index contributed by atoms with van der Waals surface area (Å²) in [6.45, 7) is 0. The molecule has 0 radical (unpaired) electrons. The lowest BCUT2D eigenvalue weighted by atomic mass is 9.68. The molecule has 12 rings (SSSR count). The molecule has 0 saturated heterocycles. The van der Waals surface area contributed by atoms with Gasteiger partial charge < -0.3 is 0 Å². The molecule has 2 aliphatic rings. The first-order valence-electron chi connectivity index (χ1n) is 18.9. The average molecular weight is 698 g/mol. The van der Waals surface area contributed by atoms with Crippen LogP contribution in [-0.2, 0) is 5.41 Å². The molecule has 10 aromatic rings. The fourth-order valence-corrected chi connectivity index (χ4v) is 9.77. The Morgan fingerprint density at radius 1 is 0.291 bits per heavy atom. The van der Waals surface area contributed by atoms with Crippen LogP contribution in [0.4, 0.5) is 0 Å². The first kappa shape index (κ1) is 30.3. The smallest absolute Gasteiger partial charge is 0.164 e. The van der Waals surface area contributed by atoms with Crippen molar-refractivity contribution in [2.75, 3.05) is 0 Å². The van der Waals surface area contributed by atoms with E-state index in [1.165, 1.54) is 71.4 Å². The third-order valence-electron chi connectivity index (χ3n) is 11.9. The summed E-state index contributed by atoms with van der Waals surface area (Å²) in [6.07, 6.45) is 0. The second kappa shape index (κ2) is 11.4. The standard InChI is InChI=1S/C52H31N3/c1-3-17-32(18-4-1)49-53-50(33-19-5-2-6-20-33)55-51(54-49)42-31-45-46(39-26-10-8-23-36(39)42)47-40-27-11-7-21-34(40)35-22-9-12-28-41(35)48(47)52(45)43-29-15-13-24-37(43)38-25-14-16-30-44(38)52/h1-31H. The van der Waals surface area contributed by atoms with Crippen molar-refractivity contribution >= 4 is 32.3 Å². The number of nitrogens with zero attached hydrogens (tertiary/aromatic N) is 3. The number of hydrogen-bond acceptors (Lipinski definition) is 3. The van der Waals surface area contributed by atoms with E-state index in [0.29, 0.717) is 17.5 Å². The molecule has 2 aliphatic carbocycles. The third-order valence-corrected chi connectivity index (χ3v) is 11.9. The molecule has 0 aliphatic heterocycles. The lowest BCUT2D eigenvalue weighted by Crippen LogP contribution is -2.26. The van der Waals surface area contributed by atoms with E-state index in [-0.39, 0.29) is 0 Å². The highest BCUT2D eigenvalue weighted by molar-refractivity contribution is 6.23. The third kappa shape index (κ3) is 4.07. The van der Waals surface area contributed by atoms with Crippen molar-refractivity contribution in [3.8, 4) is 56.4 Å². The number of rotatable bonds is 3. The van der Waals surface area contributed by atoms with Crippen LogP contribution in [0, 0.1) is 0 Å². The topological polar surface area (TPSA) is 38.7 Å². The minimum Gasteiger partial charge on any atom is -0.208 e. The van der Waals surface area contributed by atoms with Gasteiger partial charge in [0.15, 0.2) is 17.5 Å². The van der Waals surface area contributed by atoms with E-state index in [1.807, 2.05) is 36.4 Å². The minimum atomic E-state index is -0.585. The van der Waals surface area contributed by atoms with Crippen LogP contribution >= 0.6 is 0 Å². The first-order chi connectivity index (χ1) is 27.3. The molecule has 3 heteroatoms. The highest BCUT2D eigenvalue weighted by atomic mass is 15.0. The minimum absolute atomic E-state index is 0.585. The molecule has 0 saturated carbocycles. The van der Waals surface area contributed by atoms with Crippen LogP contribution in [0.25, 0.3) is 88.7 Å². The molecule has 55 heavy (non-hydrogen) atoms. The summed E-state index contributed by atoms with van der Waals surface area (Å²) in [5.41, 5.74) is 12.7. The van der Waals surface area contributed by atoms with Gasteiger partial charge in [-0.3, -0.25) is 0 Å². The number of aromatic nitrogens is 3. The lowest BCUT2D eigenvalue weighted by Gasteiger charge is -2.32. The van der Waals surface area contributed by atoms with Crippen LogP contribution < -0.4 is 0 Å². The van der Waals surface area contributed by atoms with Gasteiger partial charge in [-0.15, -0.1) is 0 Å². The quantitative estimate of drug-likeness (QED) is 0.173. The maximum atomic E-state index is 5.31. The van der Waals surface area contributed by atoms with Crippen LogP contribution in [-0.4, -0.2) is 15.0 Å². The second-order valence-corrected chi connectivity index (χ2v) is 14.6. The van der Waals surface area contributed by atoms with E-state index in [4.69, 9.17) is 15.0 Å². The molecule has 0 fully saturated rings. The Kier molecular flexibility index (Phi) is 6.26. The lowest BCUT2D eigenvalue weighted by molar-refractivity contribution is 0.802. The van der Waals surface area contributed by atoms with Gasteiger partial charge in [0.1, 0.15) is 0 Å².